The molecule has 0 saturated carbocycles. The van der Waals surface area contributed by atoms with E-state index in [0.717, 1.165) is 37.8 Å². The summed E-state index contributed by atoms with van der Waals surface area (Å²) in [6, 6.07) is 8.25. The molecule has 1 aliphatic carbocycles. The summed E-state index contributed by atoms with van der Waals surface area (Å²) in [5.74, 6) is 0.149. The summed E-state index contributed by atoms with van der Waals surface area (Å²) in [6.45, 7) is 0. The van der Waals surface area contributed by atoms with E-state index in [1.807, 2.05) is 12.1 Å². The number of hydrogen-bond acceptors (Lipinski definition) is 4. The van der Waals surface area contributed by atoms with Crippen LogP contribution >= 0.6 is 11.5 Å². The van der Waals surface area contributed by atoms with Crippen molar-refractivity contribution in [3.63, 3.8) is 0 Å². The van der Waals surface area contributed by atoms with Crippen molar-refractivity contribution in [2.45, 2.75) is 6.42 Å². The summed E-state index contributed by atoms with van der Waals surface area (Å²) in [5.41, 5.74) is 9.13. The maximum atomic E-state index is 11.5. The van der Waals surface area contributed by atoms with Crippen LogP contribution in [-0.4, -0.2) is 10.2 Å². The molecule has 0 unspecified atom stereocenters. The number of benzene rings is 2. The van der Waals surface area contributed by atoms with Gasteiger partial charge >= 0.3 is 0 Å². The molecular weight excluding hydrogens is 256 g/mol. The molecule has 0 spiro atoms. The summed E-state index contributed by atoms with van der Waals surface area (Å²) in [6.07, 6.45) is 4.00. The average Bonchev–Trinajstić information content (AvgIpc) is 2.78. The highest BCUT2D eigenvalue weighted by atomic mass is 32.1. The molecule has 0 amide bonds. The normalized spacial score (nSPS) is 14.2. The van der Waals surface area contributed by atoms with E-state index in [1.54, 1.807) is 6.08 Å². The molecule has 0 atom stereocenters. The lowest BCUT2D eigenvalue weighted by molar-refractivity contribution is -0.114. The first-order valence-corrected chi connectivity index (χ1v) is 6.81. The molecule has 92 valence electrons. The monoisotopic (exact) mass is 266 g/mol. The molecule has 0 aliphatic heterocycles. The fraction of sp³-hybridized carbons (Fsp3) is 0.0667. The number of anilines is 1. The Hall–Kier alpha value is -2.20. The summed E-state index contributed by atoms with van der Waals surface area (Å²) in [5, 5.41) is 3.97. The number of allylic oxidation sites excluding steroid dienone is 1. The molecule has 2 aromatic carbocycles. The molecule has 19 heavy (non-hydrogen) atoms. The number of carbonyl (C=O) groups is 1. The van der Waals surface area contributed by atoms with Gasteiger partial charge in [-0.05, 0) is 57.7 Å². The zero-order valence-corrected chi connectivity index (χ0v) is 10.8. The highest BCUT2D eigenvalue weighted by Gasteiger charge is 2.14. The van der Waals surface area contributed by atoms with Crippen LogP contribution < -0.4 is 5.73 Å². The molecule has 1 aromatic heterocycles. The highest BCUT2D eigenvalue weighted by molar-refractivity contribution is 7.11. The lowest BCUT2D eigenvalue weighted by Gasteiger charge is -2.11. The molecule has 0 fully saturated rings. The Morgan fingerprint density at radius 1 is 1.21 bits per heavy atom. The van der Waals surface area contributed by atoms with Gasteiger partial charge in [0, 0.05) is 11.8 Å². The molecule has 2 N–H and O–H groups in total. The number of aromatic nitrogens is 1. The number of fused-ring (bicyclic) bond motifs is 4. The predicted octanol–water partition coefficient (Wildman–Crippen LogP) is 3.17. The van der Waals surface area contributed by atoms with Crippen LogP contribution in [0.2, 0.25) is 0 Å². The van der Waals surface area contributed by atoms with Crippen molar-refractivity contribution >= 4 is 50.1 Å². The van der Waals surface area contributed by atoms with Gasteiger partial charge in [0.2, 0.25) is 0 Å². The molecular formula is C15H10N2OS. The van der Waals surface area contributed by atoms with E-state index in [2.05, 4.69) is 22.6 Å². The minimum Gasteiger partial charge on any atom is -0.389 e. The number of rotatable bonds is 0. The topological polar surface area (TPSA) is 56.0 Å². The Labute approximate surface area is 113 Å². The van der Waals surface area contributed by atoms with Crippen LogP contribution in [0.1, 0.15) is 11.1 Å². The number of nitrogen functional groups attached to an aromatic ring is 1. The second kappa shape index (κ2) is 3.65. The second-order valence-electron chi connectivity index (χ2n) is 4.76. The van der Waals surface area contributed by atoms with E-state index in [-0.39, 0.29) is 5.78 Å². The van der Waals surface area contributed by atoms with Crippen molar-refractivity contribution in [3.05, 3.63) is 41.5 Å². The minimum absolute atomic E-state index is 0.149. The lowest BCUT2D eigenvalue weighted by atomic mass is 9.92. The first kappa shape index (κ1) is 10.7. The van der Waals surface area contributed by atoms with E-state index in [4.69, 9.17) is 5.73 Å². The van der Waals surface area contributed by atoms with Crippen molar-refractivity contribution in [3.8, 4) is 0 Å². The number of nitrogens with two attached hydrogens (primary N) is 1. The van der Waals surface area contributed by atoms with Crippen LogP contribution in [-0.2, 0) is 11.2 Å². The Balaban J connectivity index is 2.15. The number of carbonyl (C=O) groups excluding carboxylic acids is 1. The van der Waals surface area contributed by atoms with Crippen LogP contribution in [0.3, 0.4) is 0 Å². The summed E-state index contributed by atoms with van der Waals surface area (Å²) in [7, 11) is 0. The zero-order chi connectivity index (χ0) is 13.0. The maximum absolute atomic E-state index is 11.5. The van der Waals surface area contributed by atoms with Crippen molar-refractivity contribution in [2.75, 3.05) is 5.73 Å². The first-order valence-electron chi connectivity index (χ1n) is 6.04. The van der Waals surface area contributed by atoms with E-state index in [1.165, 1.54) is 11.5 Å². The van der Waals surface area contributed by atoms with Crippen LogP contribution in [0, 0.1) is 0 Å². The lowest BCUT2D eigenvalue weighted by Crippen LogP contribution is -2.05. The third-order valence-electron chi connectivity index (χ3n) is 3.56. The van der Waals surface area contributed by atoms with Gasteiger partial charge < -0.3 is 5.73 Å². The number of ketones is 1. The summed E-state index contributed by atoms with van der Waals surface area (Å²) >= 11 is 1.32. The first-order chi connectivity index (χ1) is 9.22. The molecule has 1 aliphatic rings. The summed E-state index contributed by atoms with van der Waals surface area (Å²) < 4.78 is 4.33. The van der Waals surface area contributed by atoms with Gasteiger partial charge in [0.25, 0.3) is 0 Å². The molecule has 3 nitrogen and oxygen atoms in total. The van der Waals surface area contributed by atoms with Gasteiger partial charge in [-0.1, -0.05) is 12.1 Å². The number of hydrogen-bond donors (Lipinski definition) is 1. The van der Waals surface area contributed by atoms with E-state index < -0.39 is 0 Å². The fourth-order valence-corrected chi connectivity index (χ4v) is 3.29. The largest absolute Gasteiger partial charge is 0.389 e. The molecule has 4 rings (SSSR count). The van der Waals surface area contributed by atoms with Crippen molar-refractivity contribution in [1.29, 1.82) is 0 Å². The molecule has 0 radical (unpaired) electrons. The Kier molecular flexibility index (Phi) is 2.05. The molecule has 0 saturated heterocycles. The van der Waals surface area contributed by atoms with Crippen molar-refractivity contribution < 1.29 is 4.79 Å². The molecule has 0 bridgehead atoms. The van der Waals surface area contributed by atoms with Gasteiger partial charge in [0.05, 0.1) is 5.52 Å². The second-order valence-corrected chi connectivity index (χ2v) is 5.56. The third-order valence-corrected chi connectivity index (χ3v) is 4.25. The molecule has 4 heteroatoms. The Morgan fingerprint density at radius 2 is 2.11 bits per heavy atom. The van der Waals surface area contributed by atoms with E-state index in [0.29, 0.717) is 6.42 Å². The van der Waals surface area contributed by atoms with Crippen LogP contribution in [0.4, 0.5) is 5.00 Å². The van der Waals surface area contributed by atoms with Gasteiger partial charge in [-0.25, -0.2) is 0 Å². The maximum Gasteiger partial charge on any atom is 0.160 e. The zero-order valence-electron chi connectivity index (χ0n) is 10.0. The van der Waals surface area contributed by atoms with Crippen LogP contribution in [0.15, 0.2) is 30.3 Å². The van der Waals surface area contributed by atoms with Gasteiger partial charge in [-0.2, -0.15) is 4.37 Å². The van der Waals surface area contributed by atoms with Gasteiger partial charge in [0.1, 0.15) is 5.00 Å². The Bertz CT molecular complexity index is 877. The predicted molar refractivity (Wildman–Crippen MR) is 79.3 cm³/mol. The number of nitrogens with zero attached hydrogens (tertiary/aromatic N) is 1. The summed E-state index contributed by atoms with van der Waals surface area (Å²) in [4.78, 5) is 11.5. The minimum atomic E-state index is 0.149. The van der Waals surface area contributed by atoms with E-state index in [9.17, 15) is 4.79 Å². The van der Waals surface area contributed by atoms with Gasteiger partial charge in [-0.3, -0.25) is 4.79 Å². The van der Waals surface area contributed by atoms with Crippen molar-refractivity contribution in [2.24, 2.45) is 0 Å². The van der Waals surface area contributed by atoms with Crippen LogP contribution in [0.5, 0.6) is 0 Å². The molecule has 3 aromatic rings. The standard InChI is InChI=1S/C15H10N2OS/c16-15-14-12-7-10-6-11(18)3-1-8(10)5-9(12)2-4-13(14)17-19-15/h1-5,7H,6,16H2. The average molecular weight is 266 g/mol. The van der Waals surface area contributed by atoms with Gasteiger partial charge in [-0.15, -0.1) is 0 Å². The fourth-order valence-electron chi connectivity index (χ4n) is 2.64. The van der Waals surface area contributed by atoms with Crippen LogP contribution in [0.25, 0.3) is 27.8 Å². The quantitative estimate of drug-likeness (QED) is 0.680. The third kappa shape index (κ3) is 1.50. The molecule has 1 heterocycles. The van der Waals surface area contributed by atoms with Gasteiger partial charge in [0.15, 0.2) is 5.78 Å². The van der Waals surface area contributed by atoms with Crippen molar-refractivity contribution in [1.82, 2.24) is 4.37 Å². The van der Waals surface area contributed by atoms with E-state index >= 15 is 0 Å². The Morgan fingerprint density at radius 3 is 3.00 bits per heavy atom. The SMILES string of the molecule is Nc1snc2ccc3cc4c(cc3c12)CC(=O)C=C4. The smallest absolute Gasteiger partial charge is 0.160 e. The highest BCUT2D eigenvalue weighted by Crippen LogP contribution is 2.34.